The van der Waals surface area contributed by atoms with Crippen molar-refractivity contribution < 1.29 is 4.39 Å². The van der Waals surface area contributed by atoms with Gasteiger partial charge in [0.2, 0.25) is 0 Å². The van der Waals surface area contributed by atoms with Crippen LogP contribution >= 0.6 is 23.8 Å². The van der Waals surface area contributed by atoms with E-state index in [2.05, 4.69) is 32.2 Å². The van der Waals surface area contributed by atoms with Gasteiger partial charge in [0.15, 0.2) is 5.11 Å². The number of hydrogen-bond acceptors (Lipinski definition) is 3. The summed E-state index contributed by atoms with van der Waals surface area (Å²) >= 11 is 11.4. The Balaban J connectivity index is 1.55. The minimum atomic E-state index is -0.432. The van der Waals surface area contributed by atoms with Crippen molar-refractivity contribution >= 4 is 34.6 Å². The first-order valence-electron chi connectivity index (χ1n) is 8.67. The van der Waals surface area contributed by atoms with Gasteiger partial charge in [-0.15, -0.1) is 0 Å². The fraction of sp³-hybridized carbons (Fsp3) is 0.368. The highest BCUT2D eigenvalue weighted by molar-refractivity contribution is 7.80. The van der Waals surface area contributed by atoms with Crippen LogP contribution in [0.3, 0.4) is 0 Å². The van der Waals surface area contributed by atoms with Crippen molar-refractivity contribution in [3.63, 3.8) is 0 Å². The molecule has 1 saturated heterocycles. The third-order valence-corrected chi connectivity index (χ3v) is 5.03. The molecule has 0 spiro atoms. The molecule has 0 saturated carbocycles. The lowest BCUT2D eigenvalue weighted by atomic mass is 10.3. The third kappa shape index (κ3) is 5.13. The Labute approximate surface area is 164 Å². The number of thiocarbonyl (C=S) groups is 1. The molecule has 0 unspecified atom stereocenters. The number of nitrogens with zero attached hydrogens (tertiary/aromatic N) is 3. The van der Waals surface area contributed by atoms with E-state index < -0.39 is 5.82 Å². The fourth-order valence-electron chi connectivity index (χ4n) is 3.03. The third-order valence-electron chi connectivity index (χ3n) is 4.38. The van der Waals surface area contributed by atoms with Gasteiger partial charge < -0.3 is 10.2 Å². The Morgan fingerprint density at radius 3 is 2.85 bits per heavy atom. The number of halogens is 2. The molecule has 1 N–H and O–H groups in total. The molecule has 138 valence electrons. The van der Waals surface area contributed by atoms with E-state index in [9.17, 15) is 4.39 Å². The van der Waals surface area contributed by atoms with Crippen LogP contribution in [0.1, 0.15) is 17.8 Å². The van der Waals surface area contributed by atoms with Crippen molar-refractivity contribution in [2.75, 3.05) is 31.5 Å². The lowest BCUT2D eigenvalue weighted by Gasteiger charge is -2.24. The van der Waals surface area contributed by atoms with Crippen LogP contribution in [0.4, 0.5) is 10.1 Å². The van der Waals surface area contributed by atoms with Gasteiger partial charge in [-0.05, 0) is 55.9 Å². The summed E-state index contributed by atoms with van der Waals surface area (Å²) in [7, 11) is 0. The van der Waals surface area contributed by atoms with Crippen LogP contribution in [0.25, 0.3) is 0 Å². The van der Waals surface area contributed by atoms with Gasteiger partial charge in [-0.25, -0.2) is 4.39 Å². The van der Waals surface area contributed by atoms with Crippen LogP contribution in [0.5, 0.6) is 0 Å². The predicted molar refractivity (Wildman–Crippen MR) is 108 cm³/mol. The molecule has 1 fully saturated rings. The molecule has 0 radical (unpaired) electrons. The number of benzene rings is 1. The maximum Gasteiger partial charge on any atom is 0.173 e. The molecule has 2 aromatic rings. The van der Waals surface area contributed by atoms with Gasteiger partial charge in [-0.2, -0.15) is 0 Å². The fourth-order valence-corrected chi connectivity index (χ4v) is 3.51. The van der Waals surface area contributed by atoms with Gasteiger partial charge in [-0.1, -0.05) is 17.7 Å². The molecule has 1 aromatic heterocycles. The van der Waals surface area contributed by atoms with Crippen molar-refractivity contribution in [1.29, 1.82) is 0 Å². The van der Waals surface area contributed by atoms with E-state index >= 15 is 0 Å². The smallest absolute Gasteiger partial charge is 0.173 e. The number of anilines is 1. The number of aryl methyl sites for hydroxylation is 1. The lowest BCUT2D eigenvalue weighted by molar-refractivity contribution is 0.275. The summed E-state index contributed by atoms with van der Waals surface area (Å²) in [5.74, 6) is -0.432. The largest absolute Gasteiger partial charge is 0.348 e. The summed E-state index contributed by atoms with van der Waals surface area (Å²) in [5.41, 5.74) is 2.84. The summed E-state index contributed by atoms with van der Waals surface area (Å²) in [4.78, 5) is 9.14. The van der Waals surface area contributed by atoms with Crippen molar-refractivity contribution in [2.24, 2.45) is 0 Å². The van der Waals surface area contributed by atoms with E-state index in [0.29, 0.717) is 10.8 Å². The Kier molecular flexibility index (Phi) is 6.40. The normalized spacial score (nSPS) is 15.6. The zero-order chi connectivity index (χ0) is 18.5. The number of nitrogens with one attached hydrogen (secondary N) is 1. The molecule has 0 bridgehead atoms. The van der Waals surface area contributed by atoms with Crippen molar-refractivity contribution in [1.82, 2.24) is 14.8 Å². The number of hydrogen-bond donors (Lipinski definition) is 1. The Morgan fingerprint density at radius 2 is 2.08 bits per heavy atom. The van der Waals surface area contributed by atoms with Crippen LogP contribution in [0, 0.1) is 12.7 Å². The van der Waals surface area contributed by atoms with E-state index in [1.54, 1.807) is 12.1 Å². The number of rotatable bonds is 3. The zero-order valence-corrected chi connectivity index (χ0v) is 16.3. The van der Waals surface area contributed by atoms with E-state index in [-0.39, 0.29) is 5.02 Å². The number of aromatic nitrogens is 1. The molecule has 2 heterocycles. The molecule has 1 aliphatic rings. The maximum atomic E-state index is 13.3. The minimum absolute atomic E-state index is 0.0884. The Hall–Kier alpha value is -1.76. The molecule has 0 atom stereocenters. The second kappa shape index (κ2) is 8.75. The molecular formula is C19H22ClFN4S. The second-order valence-corrected chi connectivity index (χ2v) is 7.24. The first kappa shape index (κ1) is 19.0. The quantitative estimate of drug-likeness (QED) is 0.795. The molecule has 7 heteroatoms. The second-order valence-electron chi connectivity index (χ2n) is 6.45. The van der Waals surface area contributed by atoms with E-state index in [4.69, 9.17) is 23.8 Å². The topological polar surface area (TPSA) is 31.4 Å². The predicted octanol–water partition coefficient (Wildman–Crippen LogP) is 4.09. The van der Waals surface area contributed by atoms with Crippen LogP contribution in [0.2, 0.25) is 5.02 Å². The summed E-state index contributed by atoms with van der Waals surface area (Å²) < 4.78 is 13.3. The summed E-state index contributed by atoms with van der Waals surface area (Å²) in [6.45, 7) is 6.52. The van der Waals surface area contributed by atoms with Crippen molar-refractivity contribution in [3.05, 3.63) is 58.6 Å². The summed E-state index contributed by atoms with van der Waals surface area (Å²) in [6, 6.07) is 10.7. The molecular weight excluding hydrogens is 371 g/mol. The lowest BCUT2D eigenvalue weighted by Crippen LogP contribution is -2.37. The first-order chi connectivity index (χ1) is 12.5. The van der Waals surface area contributed by atoms with Crippen molar-refractivity contribution in [2.45, 2.75) is 19.9 Å². The van der Waals surface area contributed by atoms with E-state index in [1.807, 2.05) is 13.0 Å². The molecule has 1 aliphatic heterocycles. The standard InChI is InChI=1S/C19H22ClFN4S/c1-14-4-2-5-16(22-14)13-24-8-3-9-25(11-10-24)19(26)23-15-6-7-18(21)17(20)12-15/h2,4-7,12H,3,8-11,13H2,1H3,(H,23,26). The van der Waals surface area contributed by atoms with Crippen LogP contribution in [-0.2, 0) is 6.54 Å². The van der Waals surface area contributed by atoms with Crippen molar-refractivity contribution in [3.8, 4) is 0 Å². The average molecular weight is 393 g/mol. The summed E-state index contributed by atoms with van der Waals surface area (Å²) in [6.07, 6.45) is 1.03. The average Bonchev–Trinajstić information content (AvgIpc) is 2.84. The Bertz CT molecular complexity index is 786. The Morgan fingerprint density at radius 1 is 1.23 bits per heavy atom. The zero-order valence-electron chi connectivity index (χ0n) is 14.7. The van der Waals surface area contributed by atoms with Gasteiger partial charge in [0.25, 0.3) is 0 Å². The monoisotopic (exact) mass is 392 g/mol. The summed E-state index contributed by atoms with van der Waals surface area (Å²) in [5, 5.41) is 3.89. The van der Waals surface area contributed by atoms with Crippen LogP contribution in [-0.4, -0.2) is 46.1 Å². The SMILES string of the molecule is Cc1cccc(CN2CCCN(C(=S)Nc3ccc(F)c(Cl)c3)CC2)n1. The minimum Gasteiger partial charge on any atom is -0.348 e. The highest BCUT2D eigenvalue weighted by Crippen LogP contribution is 2.20. The highest BCUT2D eigenvalue weighted by atomic mass is 35.5. The van der Waals surface area contributed by atoms with Gasteiger partial charge in [0.05, 0.1) is 10.7 Å². The molecule has 3 rings (SSSR count). The molecule has 1 aromatic carbocycles. The van der Waals surface area contributed by atoms with Gasteiger partial charge in [0, 0.05) is 44.1 Å². The van der Waals surface area contributed by atoms with Gasteiger partial charge in [0.1, 0.15) is 5.82 Å². The molecule has 26 heavy (non-hydrogen) atoms. The highest BCUT2D eigenvalue weighted by Gasteiger charge is 2.17. The molecule has 4 nitrogen and oxygen atoms in total. The van der Waals surface area contributed by atoms with E-state index in [1.165, 1.54) is 6.07 Å². The first-order valence-corrected chi connectivity index (χ1v) is 9.46. The van der Waals surface area contributed by atoms with Gasteiger partial charge in [-0.3, -0.25) is 9.88 Å². The molecule has 0 aliphatic carbocycles. The maximum absolute atomic E-state index is 13.3. The molecule has 0 amide bonds. The van der Waals surface area contributed by atoms with Crippen LogP contribution < -0.4 is 5.32 Å². The number of pyridine rings is 1. The van der Waals surface area contributed by atoms with E-state index in [0.717, 1.165) is 50.5 Å². The van der Waals surface area contributed by atoms with Crippen LogP contribution in [0.15, 0.2) is 36.4 Å². The van der Waals surface area contributed by atoms with Gasteiger partial charge >= 0.3 is 0 Å².